The summed E-state index contributed by atoms with van der Waals surface area (Å²) in [5, 5.41) is 0. The molecular formula is C19H23NO9. The Bertz CT molecular complexity index is 734. The molecule has 4 atom stereocenters. The number of anilines is 1. The van der Waals surface area contributed by atoms with Gasteiger partial charge < -0.3 is 28.6 Å². The number of carbonyl (C=O) groups excluding carboxylic acids is 4. The summed E-state index contributed by atoms with van der Waals surface area (Å²) in [6.07, 6.45) is 0. The molecule has 0 amide bonds. The van der Waals surface area contributed by atoms with E-state index in [1.165, 1.54) is 12.0 Å². The van der Waals surface area contributed by atoms with Crippen LogP contribution >= 0.6 is 0 Å². The van der Waals surface area contributed by atoms with Crippen molar-refractivity contribution >= 4 is 29.6 Å². The molecule has 10 heteroatoms. The number of nitrogens with zero attached hydrogens (tertiary/aromatic N) is 1. The average molecular weight is 409 g/mol. The maximum atomic E-state index is 12.7. The molecule has 0 saturated carbocycles. The van der Waals surface area contributed by atoms with Gasteiger partial charge in [-0.25, -0.2) is 9.59 Å². The Balaban J connectivity index is 2.73. The van der Waals surface area contributed by atoms with E-state index in [4.69, 9.17) is 23.7 Å². The number of rotatable bonds is 6. The van der Waals surface area contributed by atoms with Crippen LogP contribution in [0.5, 0.6) is 5.75 Å². The van der Waals surface area contributed by atoms with Crippen LogP contribution in [0.4, 0.5) is 5.69 Å². The van der Waals surface area contributed by atoms with Crippen molar-refractivity contribution in [2.45, 2.75) is 12.1 Å². The highest BCUT2D eigenvalue weighted by molar-refractivity contribution is 5.99. The van der Waals surface area contributed by atoms with E-state index in [0.717, 1.165) is 28.4 Å². The average Bonchev–Trinajstić information content (AvgIpc) is 3.12. The first-order chi connectivity index (χ1) is 13.9. The van der Waals surface area contributed by atoms with Crippen LogP contribution in [0, 0.1) is 11.8 Å². The predicted molar refractivity (Wildman–Crippen MR) is 98.1 cm³/mol. The van der Waals surface area contributed by atoms with Crippen molar-refractivity contribution in [1.29, 1.82) is 0 Å². The van der Waals surface area contributed by atoms with Gasteiger partial charge in [-0.05, 0) is 24.3 Å². The fourth-order valence-corrected chi connectivity index (χ4v) is 3.57. The molecule has 2 rings (SSSR count). The van der Waals surface area contributed by atoms with Crippen molar-refractivity contribution in [3.63, 3.8) is 0 Å². The Morgan fingerprint density at radius 3 is 1.34 bits per heavy atom. The van der Waals surface area contributed by atoms with Gasteiger partial charge in [0.25, 0.3) is 0 Å². The maximum Gasteiger partial charge on any atom is 0.329 e. The molecule has 0 N–H and O–H groups in total. The van der Waals surface area contributed by atoms with E-state index in [0.29, 0.717) is 11.4 Å². The second kappa shape index (κ2) is 9.26. The maximum absolute atomic E-state index is 12.7. The number of ether oxygens (including phenoxy) is 5. The number of hydrogen-bond acceptors (Lipinski definition) is 10. The summed E-state index contributed by atoms with van der Waals surface area (Å²) < 4.78 is 24.5. The molecule has 10 nitrogen and oxygen atoms in total. The third kappa shape index (κ3) is 3.96. The number of carbonyl (C=O) groups is 4. The van der Waals surface area contributed by atoms with E-state index in [2.05, 4.69) is 0 Å². The molecule has 0 spiro atoms. The van der Waals surface area contributed by atoms with E-state index >= 15 is 0 Å². The van der Waals surface area contributed by atoms with Gasteiger partial charge in [-0.15, -0.1) is 0 Å². The molecule has 1 aromatic carbocycles. The van der Waals surface area contributed by atoms with Crippen LogP contribution in [0.15, 0.2) is 24.3 Å². The predicted octanol–water partition coefficient (Wildman–Crippen LogP) is 0.177. The van der Waals surface area contributed by atoms with Crippen LogP contribution in [-0.4, -0.2) is 71.5 Å². The molecule has 0 bridgehead atoms. The molecule has 1 aliphatic rings. The Kier molecular flexibility index (Phi) is 7.03. The van der Waals surface area contributed by atoms with Gasteiger partial charge in [0.2, 0.25) is 0 Å². The van der Waals surface area contributed by atoms with Crippen molar-refractivity contribution in [3.05, 3.63) is 24.3 Å². The molecule has 0 aromatic heterocycles. The highest BCUT2D eigenvalue weighted by Gasteiger charge is 2.62. The van der Waals surface area contributed by atoms with Crippen LogP contribution in [0.25, 0.3) is 0 Å². The monoisotopic (exact) mass is 409 g/mol. The van der Waals surface area contributed by atoms with Crippen molar-refractivity contribution in [1.82, 2.24) is 0 Å². The molecule has 1 heterocycles. The minimum Gasteiger partial charge on any atom is -0.497 e. The molecule has 0 aliphatic carbocycles. The summed E-state index contributed by atoms with van der Waals surface area (Å²) in [5.41, 5.74) is 0.372. The molecule has 1 aromatic rings. The topological polar surface area (TPSA) is 118 Å². The minimum atomic E-state index is -1.36. The van der Waals surface area contributed by atoms with Gasteiger partial charge in [0, 0.05) is 5.69 Å². The Morgan fingerprint density at radius 1 is 0.655 bits per heavy atom. The van der Waals surface area contributed by atoms with Crippen LogP contribution in [0.3, 0.4) is 0 Å². The molecular weight excluding hydrogens is 386 g/mol. The fraction of sp³-hybridized carbons (Fsp3) is 0.474. The van der Waals surface area contributed by atoms with E-state index in [9.17, 15) is 19.2 Å². The van der Waals surface area contributed by atoms with E-state index in [-0.39, 0.29) is 0 Å². The first-order valence-corrected chi connectivity index (χ1v) is 8.59. The normalized spacial score (nSPS) is 23.1. The Labute approximate surface area is 167 Å². The Hall–Kier alpha value is -3.30. The zero-order valence-electron chi connectivity index (χ0n) is 16.7. The quantitative estimate of drug-likeness (QED) is 0.475. The standard InChI is InChI=1S/C19H23NO9/c1-25-11-8-6-10(7-9-11)20-14(18(23)28-4)12(16(21)26-2)13(17(22)27-3)15(20)19(24)29-5/h6-9,12-15H,1-5H3/t12-,13+,14-,15+. The second-order valence-electron chi connectivity index (χ2n) is 6.14. The van der Waals surface area contributed by atoms with E-state index in [1.54, 1.807) is 24.3 Å². The molecule has 29 heavy (non-hydrogen) atoms. The number of esters is 4. The van der Waals surface area contributed by atoms with Crippen LogP contribution in [-0.2, 0) is 38.1 Å². The highest BCUT2D eigenvalue weighted by atomic mass is 16.5. The van der Waals surface area contributed by atoms with Crippen LogP contribution < -0.4 is 9.64 Å². The van der Waals surface area contributed by atoms with Crippen molar-refractivity contribution in [2.24, 2.45) is 11.8 Å². The summed E-state index contributed by atoms with van der Waals surface area (Å²) in [5.74, 6) is -5.54. The molecule has 1 fully saturated rings. The number of hydrogen-bond donors (Lipinski definition) is 0. The van der Waals surface area contributed by atoms with Crippen molar-refractivity contribution < 1.29 is 42.9 Å². The van der Waals surface area contributed by atoms with Gasteiger partial charge in [0.1, 0.15) is 29.7 Å². The van der Waals surface area contributed by atoms with Gasteiger partial charge in [-0.3, -0.25) is 9.59 Å². The smallest absolute Gasteiger partial charge is 0.329 e. The van der Waals surface area contributed by atoms with E-state index < -0.39 is 47.8 Å². The second-order valence-corrected chi connectivity index (χ2v) is 6.14. The summed E-state index contributed by atoms with van der Waals surface area (Å²) in [6.45, 7) is 0. The highest BCUT2D eigenvalue weighted by Crippen LogP contribution is 2.42. The first-order valence-electron chi connectivity index (χ1n) is 8.59. The third-order valence-corrected chi connectivity index (χ3v) is 4.87. The van der Waals surface area contributed by atoms with Gasteiger partial charge in [0.05, 0.1) is 35.5 Å². The van der Waals surface area contributed by atoms with Crippen molar-refractivity contribution in [2.75, 3.05) is 40.4 Å². The zero-order valence-corrected chi connectivity index (χ0v) is 16.7. The largest absolute Gasteiger partial charge is 0.497 e. The summed E-state index contributed by atoms with van der Waals surface area (Å²) in [7, 11) is 6.01. The van der Waals surface area contributed by atoms with Crippen LogP contribution in [0.2, 0.25) is 0 Å². The molecule has 0 radical (unpaired) electrons. The van der Waals surface area contributed by atoms with E-state index in [1.807, 2.05) is 0 Å². The molecule has 1 saturated heterocycles. The summed E-state index contributed by atoms with van der Waals surface area (Å²) >= 11 is 0. The van der Waals surface area contributed by atoms with Gasteiger partial charge in [-0.2, -0.15) is 0 Å². The molecule has 158 valence electrons. The van der Waals surface area contributed by atoms with Gasteiger partial charge >= 0.3 is 23.9 Å². The van der Waals surface area contributed by atoms with Crippen LogP contribution in [0.1, 0.15) is 0 Å². The Morgan fingerprint density at radius 2 is 1.03 bits per heavy atom. The summed E-state index contributed by atoms with van der Waals surface area (Å²) in [6, 6.07) is 3.73. The third-order valence-electron chi connectivity index (χ3n) is 4.87. The number of benzene rings is 1. The lowest BCUT2D eigenvalue weighted by Gasteiger charge is -2.30. The fourth-order valence-electron chi connectivity index (χ4n) is 3.57. The molecule has 0 unspecified atom stereocenters. The molecule has 1 aliphatic heterocycles. The van der Waals surface area contributed by atoms with Gasteiger partial charge in [-0.1, -0.05) is 0 Å². The summed E-state index contributed by atoms with van der Waals surface area (Å²) in [4.78, 5) is 51.8. The lowest BCUT2D eigenvalue weighted by molar-refractivity contribution is -0.161. The lowest BCUT2D eigenvalue weighted by Crippen LogP contribution is -2.48. The van der Waals surface area contributed by atoms with Crippen molar-refractivity contribution in [3.8, 4) is 5.75 Å². The number of methoxy groups -OCH3 is 5. The minimum absolute atomic E-state index is 0.372. The SMILES string of the molecule is COC(=O)[C@@H]1[C@H](C(=O)OC)[C@@H](C(=O)OC)N(c2ccc(OC)cc2)[C@H]1C(=O)OC. The first kappa shape index (κ1) is 22.0. The zero-order chi connectivity index (χ0) is 21.7. The van der Waals surface area contributed by atoms with Gasteiger partial charge in [0.15, 0.2) is 0 Å². The lowest BCUT2D eigenvalue weighted by atomic mass is 9.86.